The molecule has 0 unspecified atom stereocenters. The van der Waals surface area contributed by atoms with Gasteiger partial charge in [0.1, 0.15) is 11.0 Å². The van der Waals surface area contributed by atoms with Crippen LogP contribution in [0.4, 0.5) is 5.69 Å². The summed E-state index contributed by atoms with van der Waals surface area (Å²) >= 11 is 0. The lowest BCUT2D eigenvalue weighted by atomic mass is 10.2. The minimum absolute atomic E-state index is 0.921. The standard InChI is InChI=1S/C16H18N4/c1-3-19(4-2)14-10-11-15-16(12-14)18-20(17-15)13-8-6-5-7-9-13/h5-12H,3-4H2,1-2H3. The van der Waals surface area contributed by atoms with Gasteiger partial charge in [-0.05, 0) is 44.2 Å². The average Bonchev–Trinajstić information content (AvgIpc) is 2.93. The van der Waals surface area contributed by atoms with Crippen molar-refractivity contribution >= 4 is 16.7 Å². The van der Waals surface area contributed by atoms with E-state index in [0.29, 0.717) is 0 Å². The number of nitrogens with zero attached hydrogens (tertiary/aromatic N) is 4. The molecular formula is C16H18N4. The monoisotopic (exact) mass is 266 g/mol. The molecule has 0 radical (unpaired) electrons. The molecule has 1 aromatic heterocycles. The number of para-hydroxylation sites is 1. The van der Waals surface area contributed by atoms with E-state index < -0.39 is 0 Å². The summed E-state index contributed by atoms with van der Waals surface area (Å²) in [6.45, 7) is 6.31. The lowest BCUT2D eigenvalue weighted by Crippen LogP contribution is -2.21. The number of rotatable bonds is 4. The van der Waals surface area contributed by atoms with Crippen molar-refractivity contribution in [2.45, 2.75) is 13.8 Å². The van der Waals surface area contributed by atoms with E-state index in [-0.39, 0.29) is 0 Å². The molecule has 0 saturated heterocycles. The largest absolute Gasteiger partial charge is 0.372 e. The molecule has 0 spiro atoms. The van der Waals surface area contributed by atoms with E-state index in [0.717, 1.165) is 29.8 Å². The van der Waals surface area contributed by atoms with E-state index in [4.69, 9.17) is 0 Å². The van der Waals surface area contributed by atoms with Gasteiger partial charge in [-0.1, -0.05) is 18.2 Å². The minimum Gasteiger partial charge on any atom is -0.372 e. The van der Waals surface area contributed by atoms with Crippen LogP contribution in [0.3, 0.4) is 0 Å². The molecule has 0 aliphatic heterocycles. The van der Waals surface area contributed by atoms with Gasteiger partial charge in [-0.25, -0.2) is 0 Å². The Morgan fingerprint density at radius 2 is 1.60 bits per heavy atom. The second kappa shape index (κ2) is 5.33. The third-order valence-electron chi connectivity index (χ3n) is 3.48. The third-order valence-corrected chi connectivity index (χ3v) is 3.48. The smallest absolute Gasteiger partial charge is 0.115 e. The van der Waals surface area contributed by atoms with Crippen molar-refractivity contribution in [1.29, 1.82) is 0 Å². The number of hydrogen-bond donors (Lipinski definition) is 0. The molecule has 2 aromatic carbocycles. The highest BCUT2D eigenvalue weighted by molar-refractivity contribution is 5.78. The fourth-order valence-corrected chi connectivity index (χ4v) is 2.37. The summed E-state index contributed by atoms with van der Waals surface area (Å²) in [7, 11) is 0. The Labute approximate surface area is 118 Å². The van der Waals surface area contributed by atoms with Crippen LogP contribution < -0.4 is 4.90 Å². The van der Waals surface area contributed by atoms with E-state index in [1.54, 1.807) is 4.80 Å². The molecule has 0 atom stereocenters. The van der Waals surface area contributed by atoms with Gasteiger partial charge >= 0.3 is 0 Å². The predicted octanol–water partition coefficient (Wildman–Crippen LogP) is 3.27. The van der Waals surface area contributed by atoms with Crippen LogP contribution in [-0.4, -0.2) is 28.1 Å². The van der Waals surface area contributed by atoms with Crippen LogP contribution in [-0.2, 0) is 0 Å². The third kappa shape index (κ3) is 2.25. The van der Waals surface area contributed by atoms with Crippen molar-refractivity contribution in [3.8, 4) is 5.69 Å². The molecule has 0 N–H and O–H groups in total. The molecule has 0 fully saturated rings. The van der Waals surface area contributed by atoms with Gasteiger partial charge in [0.05, 0.1) is 5.69 Å². The van der Waals surface area contributed by atoms with Gasteiger partial charge in [0.15, 0.2) is 0 Å². The van der Waals surface area contributed by atoms with Crippen LogP contribution in [0.5, 0.6) is 0 Å². The van der Waals surface area contributed by atoms with E-state index >= 15 is 0 Å². The molecular weight excluding hydrogens is 248 g/mol. The normalized spacial score (nSPS) is 10.9. The highest BCUT2D eigenvalue weighted by Gasteiger charge is 2.07. The Hall–Kier alpha value is -2.36. The molecule has 4 nitrogen and oxygen atoms in total. The molecule has 1 heterocycles. The van der Waals surface area contributed by atoms with Crippen molar-refractivity contribution < 1.29 is 0 Å². The first-order valence-corrected chi connectivity index (χ1v) is 6.99. The summed E-state index contributed by atoms with van der Waals surface area (Å²) in [5.41, 5.74) is 4.03. The first-order chi connectivity index (χ1) is 9.81. The lowest BCUT2D eigenvalue weighted by molar-refractivity contribution is 0.765. The van der Waals surface area contributed by atoms with Crippen LogP contribution in [0.1, 0.15) is 13.8 Å². The van der Waals surface area contributed by atoms with Gasteiger partial charge in [0, 0.05) is 18.8 Å². The number of fused-ring (bicyclic) bond motifs is 1. The predicted molar refractivity (Wildman–Crippen MR) is 82.4 cm³/mol. The Morgan fingerprint density at radius 3 is 2.30 bits per heavy atom. The molecule has 20 heavy (non-hydrogen) atoms. The van der Waals surface area contributed by atoms with Crippen LogP contribution in [0.15, 0.2) is 48.5 Å². The molecule has 3 rings (SSSR count). The van der Waals surface area contributed by atoms with Crippen molar-refractivity contribution in [1.82, 2.24) is 15.0 Å². The van der Waals surface area contributed by atoms with E-state index in [9.17, 15) is 0 Å². The number of hydrogen-bond acceptors (Lipinski definition) is 3. The van der Waals surface area contributed by atoms with Crippen molar-refractivity contribution in [2.75, 3.05) is 18.0 Å². The van der Waals surface area contributed by atoms with Gasteiger partial charge in [-0.2, -0.15) is 4.80 Å². The maximum Gasteiger partial charge on any atom is 0.115 e. The van der Waals surface area contributed by atoms with E-state index in [1.807, 2.05) is 36.4 Å². The van der Waals surface area contributed by atoms with Gasteiger partial charge in [-0.3, -0.25) is 0 Å². The zero-order valence-corrected chi connectivity index (χ0v) is 11.8. The highest BCUT2D eigenvalue weighted by Crippen LogP contribution is 2.20. The summed E-state index contributed by atoms with van der Waals surface area (Å²) in [6.07, 6.45) is 0. The van der Waals surface area contributed by atoms with Crippen molar-refractivity contribution in [3.05, 3.63) is 48.5 Å². The summed E-state index contributed by atoms with van der Waals surface area (Å²) in [4.78, 5) is 4.00. The molecule has 3 aromatic rings. The van der Waals surface area contributed by atoms with E-state index in [2.05, 4.69) is 41.1 Å². The molecule has 0 bridgehead atoms. The maximum absolute atomic E-state index is 4.57. The highest BCUT2D eigenvalue weighted by atomic mass is 15.5. The first kappa shape index (κ1) is 12.7. The van der Waals surface area contributed by atoms with Crippen LogP contribution in [0.2, 0.25) is 0 Å². The number of aromatic nitrogens is 3. The lowest BCUT2D eigenvalue weighted by Gasteiger charge is -2.20. The van der Waals surface area contributed by atoms with Crippen LogP contribution in [0.25, 0.3) is 16.7 Å². The number of benzene rings is 2. The summed E-state index contributed by atoms with van der Waals surface area (Å²) in [5.74, 6) is 0. The van der Waals surface area contributed by atoms with E-state index in [1.165, 1.54) is 5.69 Å². The zero-order chi connectivity index (χ0) is 13.9. The quantitative estimate of drug-likeness (QED) is 0.727. The zero-order valence-electron chi connectivity index (χ0n) is 11.8. The second-order valence-corrected chi connectivity index (χ2v) is 4.67. The van der Waals surface area contributed by atoms with Gasteiger partial charge < -0.3 is 4.90 Å². The molecule has 0 aliphatic carbocycles. The average molecular weight is 266 g/mol. The Kier molecular flexibility index (Phi) is 3.37. The van der Waals surface area contributed by atoms with Gasteiger partial charge in [0.25, 0.3) is 0 Å². The van der Waals surface area contributed by atoms with Crippen LogP contribution in [0, 0.1) is 0 Å². The second-order valence-electron chi connectivity index (χ2n) is 4.67. The molecule has 0 saturated carbocycles. The SMILES string of the molecule is CCN(CC)c1ccc2nn(-c3ccccc3)nc2c1. The maximum atomic E-state index is 4.57. The Bertz CT molecular complexity index is 699. The first-order valence-electron chi connectivity index (χ1n) is 6.99. The molecule has 102 valence electrons. The minimum atomic E-state index is 0.921. The Balaban J connectivity index is 2.04. The summed E-state index contributed by atoms with van der Waals surface area (Å²) < 4.78 is 0. The summed E-state index contributed by atoms with van der Waals surface area (Å²) in [5, 5.41) is 9.10. The Morgan fingerprint density at radius 1 is 0.900 bits per heavy atom. The van der Waals surface area contributed by atoms with Crippen molar-refractivity contribution in [3.63, 3.8) is 0 Å². The fraction of sp³-hybridized carbons (Fsp3) is 0.250. The molecule has 0 aliphatic rings. The fourth-order valence-electron chi connectivity index (χ4n) is 2.37. The van der Waals surface area contributed by atoms with Crippen LogP contribution >= 0.6 is 0 Å². The molecule has 0 amide bonds. The topological polar surface area (TPSA) is 34.0 Å². The van der Waals surface area contributed by atoms with Gasteiger partial charge in [0.2, 0.25) is 0 Å². The van der Waals surface area contributed by atoms with Gasteiger partial charge in [-0.15, -0.1) is 10.2 Å². The van der Waals surface area contributed by atoms with Crippen molar-refractivity contribution in [2.24, 2.45) is 0 Å². The number of anilines is 1. The summed E-state index contributed by atoms with van der Waals surface area (Å²) in [6, 6.07) is 16.2. The molecule has 4 heteroatoms.